The fourth-order valence-corrected chi connectivity index (χ4v) is 3.37. The van der Waals surface area contributed by atoms with Crippen LogP contribution >= 0.6 is 0 Å². The van der Waals surface area contributed by atoms with Gasteiger partial charge in [0.2, 0.25) is 0 Å². The predicted molar refractivity (Wildman–Crippen MR) is 122 cm³/mol. The number of aromatic amines is 1. The summed E-state index contributed by atoms with van der Waals surface area (Å²) in [4.78, 5) is 19.4. The van der Waals surface area contributed by atoms with Gasteiger partial charge in [-0.1, -0.05) is 44.5 Å². The number of H-pyrrole nitrogens is 1. The Morgan fingerprint density at radius 3 is 2.55 bits per heavy atom. The Bertz CT molecular complexity index is 966. The van der Waals surface area contributed by atoms with E-state index in [-0.39, 0.29) is 11.3 Å². The highest BCUT2D eigenvalue weighted by Crippen LogP contribution is 2.22. The lowest BCUT2D eigenvalue weighted by Crippen LogP contribution is -2.27. The van der Waals surface area contributed by atoms with E-state index in [0.29, 0.717) is 24.6 Å². The Balaban J connectivity index is 1.33. The summed E-state index contributed by atoms with van der Waals surface area (Å²) in [6, 6.07) is 7.79. The minimum atomic E-state index is -0.0696. The molecule has 1 aromatic carbocycles. The Morgan fingerprint density at radius 1 is 1.13 bits per heavy atom. The van der Waals surface area contributed by atoms with Gasteiger partial charge in [-0.3, -0.25) is 9.48 Å². The van der Waals surface area contributed by atoms with Gasteiger partial charge in [0.25, 0.3) is 5.91 Å². The third-order valence-electron chi connectivity index (χ3n) is 5.25. The zero-order valence-corrected chi connectivity index (χ0v) is 18.7. The second-order valence-corrected chi connectivity index (χ2v) is 8.91. The van der Waals surface area contributed by atoms with Crippen molar-refractivity contribution in [2.45, 2.75) is 64.8 Å². The third kappa shape index (κ3) is 6.94. The van der Waals surface area contributed by atoms with Crippen LogP contribution in [-0.4, -0.2) is 37.4 Å². The van der Waals surface area contributed by atoms with Crippen LogP contribution < -0.4 is 11.1 Å². The second kappa shape index (κ2) is 10.2. The first-order valence-corrected chi connectivity index (χ1v) is 10.9. The smallest absolute Gasteiger partial charge is 0.251 e. The van der Waals surface area contributed by atoms with Crippen LogP contribution in [0.2, 0.25) is 0 Å². The summed E-state index contributed by atoms with van der Waals surface area (Å²) >= 11 is 0. The summed E-state index contributed by atoms with van der Waals surface area (Å²) < 4.78 is 1.78. The van der Waals surface area contributed by atoms with E-state index < -0.39 is 0 Å². The first kappa shape index (κ1) is 22.5. The summed E-state index contributed by atoms with van der Waals surface area (Å²) in [6.07, 6.45) is 8.85. The van der Waals surface area contributed by atoms with Crippen LogP contribution in [0.4, 0.5) is 5.95 Å². The number of aryl methyl sites for hydroxylation is 2. The number of anilines is 1. The number of amides is 1. The standard InChI is InChI=1S/C23H33N7O/c1-23(2,3)18-11-9-17(10-12-18)21(31)25-13-14-30-16-20(28-29-30)8-6-4-5-7-19-15-26-22(24)27-19/h9-12,15-16H,4-8,13-14H2,1-3H3,(H,25,31)(H3,24,26,27). The molecule has 0 unspecified atom stereocenters. The molecule has 2 aromatic heterocycles. The van der Waals surface area contributed by atoms with Crippen LogP contribution in [0.15, 0.2) is 36.7 Å². The average molecular weight is 424 g/mol. The largest absolute Gasteiger partial charge is 0.369 e. The average Bonchev–Trinajstić information content (AvgIpc) is 3.36. The fraction of sp³-hybridized carbons (Fsp3) is 0.478. The predicted octanol–water partition coefficient (Wildman–Crippen LogP) is 3.27. The van der Waals surface area contributed by atoms with Crippen molar-refractivity contribution >= 4 is 11.9 Å². The van der Waals surface area contributed by atoms with Crippen molar-refractivity contribution in [2.75, 3.05) is 12.3 Å². The highest BCUT2D eigenvalue weighted by Gasteiger charge is 2.14. The number of nitrogens with one attached hydrogen (secondary N) is 2. The van der Waals surface area contributed by atoms with E-state index in [1.165, 1.54) is 5.56 Å². The zero-order valence-electron chi connectivity index (χ0n) is 18.7. The van der Waals surface area contributed by atoms with Crippen LogP contribution in [0, 0.1) is 0 Å². The molecule has 4 N–H and O–H groups in total. The van der Waals surface area contributed by atoms with E-state index in [1.54, 1.807) is 10.9 Å². The molecule has 0 radical (unpaired) electrons. The topological polar surface area (TPSA) is 115 Å². The molecule has 0 aliphatic carbocycles. The zero-order chi connectivity index (χ0) is 22.3. The molecule has 3 aromatic rings. The molecule has 8 heteroatoms. The number of hydrogen-bond acceptors (Lipinski definition) is 5. The van der Waals surface area contributed by atoms with Crippen molar-refractivity contribution in [1.82, 2.24) is 30.3 Å². The van der Waals surface area contributed by atoms with E-state index in [9.17, 15) is 4.79 Å². The molecule has 0 saturated carbocycles. The summed E-state index contributed by atoms with van der Waals surface area (Å²) in [5.41, 5.74) is 9.60. The minimum absolute atomic E-state index is 0.0696. The number of benzene rings is 1. The molecule has 1 amide bonds. The van der Waals surface area contributed by atoms with Crippen molar-refractivity contribution in [3.8, 4) is 0 Å². The van der Waals surface area contributed by atoms with Crippen LogP contribution in [0.5, 0.6) is 0 Å². The Kier molecular flexibility index (Phi) is 7.44. The molecular formula is C23H33N7O. The van der Waals surface area contributed by atoms with Crippen molar-refractivity contribution in [1.29, 1.82) is 0 Å². The van der Waals surface area contributed by atoms with Gasteiger partial charge < -0.3 is 16.0 Å². The summed E-state index contributed by atoms with van der Waals surface area (Å²) in [6.45, 7) is 7.58. The third-order valence-corrected chi connectivity index (χ3v) is 5.25. The number of carbonyl (C=O) groups excluding carboxylic acids is 1. The molecular weight excluding hydrogens is 390 g/mol. The molecule has 0 atom stereocenters. The lowest BCUT2D eigenvalue weighted by molar-refractivity contribution is 0.0952. The fourth-order valence-electron chi connectivity index (χ4n) is 3.37. The number of hydrogen-bond donors (Lipinski definition) is 3. The van der Waals surface area contributed by atoms with Gasteiger partial charge in [-0.25, -0.2) is 4.98 Å². The Morgan fingerprint density at radius 2 is 1.87 bits per heavy atom. The molecule has 8 nitrogen and oxygen atoms in total. The van der Waals surface area contributed by atoms with Gasteiger partial charge in [-0.2, -0.15) is 0 Å². The molecule has 0 spiro atoms. The summed E-state index contributed by atoms with van der Waals surface area (Å²) in [7, 11) is 0. The number of aromatic nitrogens is 5. The van der Waals surface area contributed by atoms with Gasteiger partial charge in [0.15, 0.2) is 5.95 Å². The Hall–Kier alpha value is -3.16. The molecule has 0 aliphatic heterocycles. The molecule has 0 bridgehead atoms. The van der Waals surface area contributed by atoms with Crippen molar-refractivity contribution < 1.29 is 4.79 Å². The maximum Gasteiger partial charge on any atom is 0.251 e. The van der Waals surface area contributed by atoms with E-state index in [4.69, 9.17) is 5.73 Å². The molecule has 3 rings (SSSR count). The SMILES string of the molecule is CC(C)(C)c1ccc(C(=O)NCCn2cc(CCCCCc3cnc(N)[nH]3)nn2)cc1. The van der Waals surface area contributed by atoms with Gasteiger partial charge in [0, 0.05) is 24.0 Å². The number of nitrogens with zero attached hydrogens (tertiary/aromatic N) is 4. The molecule has 0 fully saturated rings. The van der Waals surface area contributed by atoms with Gasteiger partial charge in [0.1, 0.15) is 0 Å². The monoisotopic (exact) mass is 423 g/mol. The van der Waals surface area contributed by atoms with Gasteiger partial charge in [-0.15, -0.1) is 5.10 Å². The van der Waals surface area contributed by atoms with Crippen LogP contribution in [0.3, 0.4) is 0 Å². The number of nitrogens with two attached hydrogens (primary N) is 1. The maximum atomic E-state index is 12.3. The lowest BCUT2D eigenvalue weighted by Gasteiger charge is -2.19. The van der Waals surface area contributed by atoms with E-state index in [2.05, 4.69) is 46.4 Å². The number of carbonyl (C=O) groups is 1. The quantitative estimate of drug-likeness (QED) is 0.433. The van der Waals surface area contributed by atoms with Gasteiger partial charge in [-0.05, 0) is 48.8 Å². The molecule has 0 saturated heterocycles. The molecule has 0 aliphatic rings. The summed E-state index contributed by atoms with van der Waals surface area (Å²) in [5.74, 6) is 0.404. The number of nitrogen functional groups attached to an aromatic ring is 1. The van der Waals surface area contributed by atoms with Crippen LogP contribution in [0.25, 0.3) is 0 Å². The normalized spacial score (nSPS) is 11.6. The molecule has 2 heterocycles. The van der Waals surface area contributed by atoms with E-state index >= 15 is 0 Å². The lowest BCUT2D eigenvalue weighted by atomic mass is 9.87. The first-order chi connectivity index (χ1) is 14.8. The minimum Gasteiger partial charge on any atom is -0.369 e. The second-order valence-electron chi connectivity index (χ2n) is 8.91. The van der Waals surface area contributed by atoms with Crippen molar-refractivity contribution in [3.63, 3.8) is 0 Å². The highest BCUT2D eigenvalue weighted by atomic mass is 16.1. The van der Waals surface area contributed by atoms with Crippen molar-refractivity contribution in [3.05, 3.63) is 59.2 Å². The first-order valence-electron chi connectivity index (χ1n) is 10.9. The molecule has 31 heavy (non-hydrogen) atoms. The van der Waals surface area contributed by atoms with Gasteiger partial charge in [0.05, 0.1) is 18.4 Å². The number of imidazole rings is 1. The highest BCUT2D eigenvalue weighted by molar-refractivity contribution is 5.94. The number of rotatable bonds is 10. The van der Waals surface area contributed by atoms with E-state index in [0.717, 1.165) is 43.5 Å². The van der Waals surface area contributed by atoms with E-state index in [1.807, 2.05) is 30.5 Å². The number of unbranched alkanes of at least 4 members (excludes halogenated alkanes) is 2. The maximum absolute atomic E-state index is 12.3. The summed E-state index contributed by atoms with van der Waals surface area (Å²) in [5, 5.41) is 11.3. The van der Waals surface area contributed by atoms with Crippen LogP contribution in [-0.2, 0) is 24.8 Å². The Labute approximate surface area is 183 Å². The molecule has 166 valence electrons. The van der Waals surface area contributed by atoms with Crippen LogP contribution in [0.1, 0.15) is 67.3 Å². The van der Waals surface area contributed by atoms with Crippen molar-refractivity contribution in [2.24, 2.45) is 0 Å². The van der Waals surface area contributed by atoms with Gasteiger partial charge >= 0.3 is 0 Å².